The summed E-state index contributed by atoms with van der Waals surface area (Å²) in [6.45, 7) is 3.01. The predicted molar refractivity (Wildman–Crippen MR) is 43.0 cm³/mol. The molecule has 0 aromatic carbocycles. The molecule has 0 radical (unpaired) electrons. The zero-order valence-corrected chi connectivity index (χ0v) is 6.25. The topological polar surface area (TPSA) is 24.7 Å². The fourth-order valence-corrected chi connectivity index (χ4v) is 1.14. The highest BCUT2D eigenvalue weighted by molar-refractivity contribution is 6.32. The van der Waals surface area contributed by atoms with E-state index in [0.29, 0.717) is 6.04 Å². The maximum atomic E-state index is 4.44. The lowest BCUT2D eigenvalue weighted by Gasteiger charge is -2.09. The third kappa shape index (κ3) is 1.11. The van der Waals surface area contributed by atoms with Gasteiger partial charge in [0.2, 0.25) is 0 Å². The molecule has 1 atom stereocenters. The van der Waals surface area contributed by atoms with E-state index < -0.39 is 0 Å². The minimum Gasteiger partial charge on any atom is -0.286 e. The van der Waals surface area contributed by atoms with Gasteiger partial charge in [0, 0.05) is 12.1 Å². The van der Waals surface area contributed by atoms with Gasteiger partial charge in [-0.05, 0) is 19.8 Å². The van der Waals surface area contributed by atoms with Crippen molar-refractivity contribution in [3.8, 4) is 0 Å². The number of nitrogens with zero attached hydrogens (tertiary/aromatic N) is 2. The molecule has 2 aliphatic rings. The average Bonchev–Trinajstić information content (AvgIpc) is 2.71. The minimum absolute atomic E-state index is 0.419. The highest BCUT2D eigenvalue weighted by atomic mass is 14.9. The summed E-state index contributed by atoms with van der Waals surface area (Å²) < 4.78 is 0. The third-order valence-electron chi connectivity index (χ3n) is 1.99. The highest BCUT2D eigenvalue weighted by Gasteiger charge is 2.27. The summed E-state index contributed by atoms with van der Waals surface area (Å²) in [6.07, 6.45) is 4.63. The molecule has 1 saturated carbocycles. The van der Waals surface area contributed by atoms with Crippen molar-refractivity contribution in [2.45, 2.75) is 25.8 Å². The number of aliphatic imine (C=N–C) groups is 2. The van der Waals surface area contributed by atoms with E-state index in [2.05, 4.69) is 16.9 Å². The summed E-state index contributed by atoms with van der Waals surface area (Å²) in [6, 6.07) is 0.419. The molecule has 0 N–H and O–H groups in total. The van der Waals surface area contributed by atoms with Gasteiger partial charge in [-0.1, -0.05) is 0 Å². The average molecular weight is 136 g/mol. The summed E-state index contributed by atoms with van der Waals surface area (Å²) in [5.74, 6) is 0.774. The van der Waals surface area contributed by atoms with Gasteiger partial charge in [-0.15, -0.1) is 0 Å². The molecule has 0 aromatic heterocycles. The normalized spacial score (nSPS) is 32.1. The second kappa shape index (κ2) is 2.19. The van der Waals surface area contributed by atoms with Gasteiger partial charge >= 0.3 is 0 Å². The summed E-state index contributed by atoms with van der Waals surface area (Å²) in [7, 11) is 0. The quantitative estimate of drug-likeness (QED) is 0.519. The van der Waals surface area contributed by atoms with Crippen LogP contribution < -0.4 is 0 Å². The van der Waals surface area contributed by atoms with Gasteiger partial charge in [-0.25, -0.2) is 0 Å². The van der Waals surface area contributed by atoms with E-state index >= 15 is 0 Å². The molecular formula is C8H12N2. The molecule has 2 nitrogen and oxygen atoms in total. The molecule has 0 amide bonds. The van der Waals surface area contributed by atoms with Crippen LogP contribution in [0.1, 0.15) is 19.8 Å². The molecule has 0 aromatic rings. The molecule has 0 bridgehead atoms. The fraction of sp³-hybridized carbons (Fsp3) is 0.750. The second-order valence-electron chi connectivity index (χ2n) is 3.17. The Morgan fingerprint density at radius 2 is 2.30 bits per heavy atom. The van der Waals surface area contributed by atoms with Gasteiger partial charge in [-0.2, -0.15) is 0 Å². The van der Waals surface area contributed by atoms with Crippen molar-refractivity contribution >= 4 is 11.9 Å². The Bertz CT molecular complexity index is 189. The first kappa shape index (κ1) is 6.08. The lowest BCUT2D eigenvalue weighted by Crippen LogP contribution is -2.16. The van der Waals surface area contributed by atoms with Crippen molar-refractivity contribution in [1.29, 1.82) is 0 Å². The molecule has 2 heteroatoms. The van der Waals surface area contributed by atoms with Crippen molar-refractivity contribution in [3.63, 3.8) is 0 Å². The molecule has 10 heavy (non-hydrogen) atoms. The smallest absolute Gasteiger partial charge is 0.0667 e. The van der Waals surface area contributed by atoms with E-state index in [1.165, 1.54) is 18.6 Å². The molecule has 0 saturated heterocycles. The summed E-state index contributed by atoms with van der Waals surface area (Å²) in [5, 5.41) is 0. The molecule has 1 aliphatic heterocycles. The maximum Gasteiger partial charge on any atom is 0.0667 e. The van der Waals surface area contributed by atoms with E-state index in [1.54, 1.807) is 0 Å². The van der Waals surface area contributed by atoms with Gasteiger partial charge in [-0.3, -0.25) is 9.98 Å². The van der Waals surface area contributed by atoms with E-state index in [4.69, 9.17) is 0 Å². The van der Waals surface area contributed by atoms with E-state index in [9.17, 15) is 0 Å². The first-order valence-electron chi connectivity index (χ1n) is 3.94. The van der Waals surface area contributed by atoms with E-state index in [1.807, 2.05) is 6.21 Å². The number of hydrogen-bond acceptors (Lipinski definition) is 2. The highest BCUT2D eigenvalue weighted by Crippen LogP contribution is 2.30. The van der Waals surface area contributed by atoms with Crippen LogP contribution in [0.5, 0.6) is 0 Å². The van der Waals surface area contributed by atoms with Crippen molar-refractivity contribution in [1.82, 2.24) is 0 Å². The zero-order valence-electron chi connectivity index (χ0n) is 6.25. The SMILES string of the molecule is CC1CN=C(C2CC2)C=N1. The lowest BCUT2D eigenvalue weighted by atomic mass is 10.2. The van der Waals surface area contributed by atoms with Gasteiger partial charge in [0.25, 0.3) is 0 Å². The Labute approximate surface area is 61.1 Å². The Morgan fingerprint density at radius 1 is 1.50 bits per heavy atom. The molecular weight excluding hydrogens is 124 g/mol. The molecule has 0 spiro atoms. The Kier molecular flexibility index (Phi) is 1.33. The van der Waals surface area contributed by atoms with Gasteiger partial charge in [0.15, 0.2) is 0 Å². The number of hydrogen-bond donors (Lipinski definition) is 0. The van der Waals surface area contributed by atoms with Gasteiger partial charge < -0.3 is 0 Å². The Balaban J connectivity index is 2.04. The van der Waals surface area contributed by atoms with Crippen LogP contribution in [0.15, 0.2) is 9.98 Å². The number of rotatable bonds is 1. The van der Waals surface area contributed by atoms with Gasteiger partial charge in [0.1, 0.15) is 0 Å². The van der Waals surface area contributed by atoms with Crippen molar-refractivity contribution in [2.75, 3.05) is 6.54 Å². The molecule has 54 valence electrons. The second-order valence-corrected chi connectivity index (χ2v) is 3.17. The molecule has 1 heterocycles. The molecule has 1 unspecified atom stereocenters. The van der Waals surface area contributed by atoms with Crippen LogP contribution in [0.4, 0.5) is 0 Å². The maximum absolute atomic E-state index is 4.44. The third-order valence-corrected chi connectivity index (χ3v) is 1.99. The standard InChI is InChI=1S/C8H12N2/c1-6-4-10-8(5-9-6)7-2-3-7/h5-7H,2-4H2,1H3. The summed E-state index contributed by atoms with van der Waals surface area (Å²) >= 11 is 0. The van der Waals surface area contributed by atoms with Crippen LogP contribution in [0.2, 0.25) is 0 Å². The summed E-state index contributed by atoms with van der Waals surface area (Å²) in [5.41, 5.74) is 1.25. The Hall–Kier alpha value is -0.660. The van der Waals surface area contributed by atoms with Crippen LogP contribution in [0, 0.1) is 5.92 Å². The lowest BCUT2D eigenvalue weighted by molar-refractivity contribution is 0.749. The minimum atomic E-state index is 0.419. The fourth-order valence-electron chi connectivity index (χ4n) is 1.14. The largest absolute Gasteiger partial charge is 0.286 e. The molecule has 1 aliphatic carbocycles. The predicted octanol–water partition coefficient (Wildman–Crippen LogP) is 1.31. The van der Waals surface area contributed by atoms with E-state index in [0.717, 1.165) is 12.5 Å². The Morgan fingerprint density at radius 3 is 2.80 bits per heavy atom. The first-order chi connectivity index (χ1) is 4.86. The van der Waals surface area contributed by atoms with Crippen molar-refractivity contribution in [3.05, 3.63) is 0 Å². The monoisotopic (exact) mass is 136 g/mol. The van der Waals surface area contributed by atoms with Crippen LogP contribution in [-0.4, -0.2) is 24.5 Å². The zero-order chi connectivity index (χ0) is 6.97. The summed E-state index contributed by atoms with van der Waals surface area (Å²) in [4.78, 5) is 8.76. The molecule has 2 rings (SSSR count). The molecule has 1 fully saturated rings. The van der Waals surface area contributed by atoms with Crippen LogP contribution in [0.3, 0.4) is 0 Å². The van der Waals surface area contributed by atoms with Crippen molar-refractivity contribution < 1.29 is 0 Å². The van der Waals surface area contributed by atoms with Crippen molar-refractivity contribution in [2.24, 2.45) is 15.9 Å². The van der Waals surface area contributed by atoms with Crippen LogP contribution in [-0.2, 0) is 0 Å². The van der Waals surface area contributed by atoms with E-state index in [-0.39, 0.29) is 0 Å². The first-order valence-corrected chi connectivity index (χ1v) is 3.94. The van der Waals surface area contributed by atoms with Crippen LogP contribution >= 0.6 is 0 Å². The van der Waals surface area contributed by atoms with Crippen LogP contribution in [0.25, 0.3) is 0 Å². The van der Waals surface area contributed by atoms with Gasteiger partial charge in [0.05, 0.1) is 18.3 Å².